The van der Waals surface area contributed by atoms with Gasteiger partial charge in [0.1, 0.15) is 18.1 Å². The number of nitrogens with zero attached hydrogens (tertiary/aromatic N) is 2. The number of hydrogen-bond acceptors (Lipinski definition) is 8. The summed E-state index contributed by atoms with van der Waals surface area (Å²) in [6.45, 7) is 0.206. The second-order valence-corrected chi connectivity index (χ2v) is 9.05. The highest BCUT2D eigenvalue weighted by molar-refractivity contribution is 6.09. The lowest BCUT2D eigenvalue weighted by atomic mass is 9.95. The van der Waals surface area contributed by atoms with Gasteiger partial charge in [-0.05, 0) is 77.7 Å². The van der Waals surface area contributed by atoms with Crippen LogP contribution < -0.4 is 36.0 Å². The van der Waals surface area contributed by atoms with Crippen molar-refractivity contribution in [2.75, 3.05) is 27.1 Å². The van der Waals surface area contributed by atoms with Crippen LogP contribution in [0.2, 0.25) is 0 Å². The zero-order valence-corrected chi connectivity index (χ0v) is 22.7. The van der Waals surface area contributed by atoms with E-state index in [1.807, 2.05) is 18.2 Å². The van der Waals surface area contributed by atoms with Crippen LogP contribution >= 0.6 is 0 Å². The molecule has 3 aromatic carbocycles. The number of primary amides is 1. The Balaban J connectivity index is 1.83. The van der Waals surface area contributed by atoms with Crippen LogP contribution in [0.3, 0.4) is 0 Å². The van der Waals surface area contributed by atoms with E-state index in [9.17, 15) is 9.59 Å². The maximum atomic E-state index is 14.1. The summed E-state index contributed by atoms with van der Waals surface area (Å²) in [5.41, 5.74) is 14.0. The maximum Gasteiger partial charge on any atom is 0.266 e. The second kappa shape index (κ2) is 11.3. The van der Waals surface area contributed by atoms with Gasteiger partial charge in [-0.3, -0.25) is 19.1 Å². The molecule has 1 amide bonds. The molecular formula is C31H28N4O6. The van der Waals surface area contributed by atoms with Gasteiger partial charge >= 0.3 is 0 Å². The Labute approximate surface area is 235 Å². The fourth-order valence-electron chi connectivity index (χ4n) is 4.73. The lowest BCUT2D eigenvalue weighted by molar-refractivity contribution is 0.0993. The molecule has 0 aliphatic carbocycles. The lowest BCUT2D eigenvalue weighted by Gasteiger charge is -2.20. The van der Waals surface area contributed by atoms with E-state index in [1.54, 1.807) is 60.8 Å². The largest absolute Gasteiger partial charge is 0.493 e. The number of aromatic nitrogens is 2. The van der Waals surface area contributed by atoms with Crippen LogP contribution in [0.4, 0.5) is 5.69 Å². The number of nitrogen functional groups attached to an aromatic ring is 1. The van der Waals surface area contributed by atoms with Crippen LogP contribution in [-0.2, 0) is 6.61 Å². The van der Waals surface area contributed by atoms with Crippen molar-refractivity contribution < 1.29 is 23.7 Å². The molecule has 208 valence electrons. The molecule has 0 saturated heterocycles. The molecule has 0 radical (unpaired) electrons. The zero-order chi connectivity index (χ0) is 29.1. The monoisotopic (exact) mass is 552 g/mol. The molecular weight excluding hydrogens is 524 g/mol. The van der Waals surface area contributed by atoms with Gasteiger partial charge in [-0.15, -0.1) is 0 Å². The number of benzene rings is 3. The molecule has 0 spiro atoms. The van der Waals surface area contributed by atoms with E-state index in [0.717, 1.165) is 5.69 Å². The van der Waals surface area contributed by atoms with Crippen LogP contribution in [0.25, 0.3) is 27.6 Å². The summed E-state index contributed by atoms with van der Waals surface area (Å²) in [7, 11) is 4.49. The van der Waals surface area contributed by atoms with E-state index in [4.69, 9.17) is 30.4 Å². The van der Waals surface area contributed by atoms with Crippen molar-refractivity contribution in [3.63, 3.8) is 0 Å². The number of fused-ring (bicyclic) bond motifs is 1. The third kappa shape index (κ3) is 5.10. The van der Waals surface area contributed by atoms with E-state index in [2.05, 4.69) is 4.98 Å². The topological polar surface area (TPSA) is 141 Å². The molecule has 5 rings (SSSR count). The molecule has 41 heavy (non-hydrogen) atoms. The number of carbonyl (C=O) groups is 1. The number of amides is 1. The van der Waals surface area contributed by atoms with Crippen LogP contribution in [0.1, 0.15) is 16.2 Å². The molecule has 2 heterocycles. The molecule has 0 bridgehead atoms. The molecule has 5 aromatic rings. The fourth-order valence-corrected chi connectivity index (χ4v) is 4.73. The Morgan fingerprint density at radius 2 is 1.59 bits per heavy atom. The first-order valence-electron chi connectivity index (χ1n) is 12.6. The summed E-state index contributed by atoms with van der Waals surface area (Å²) in [4.78, 5) is 31.5. The fraction of sp³-hybridized carbons (Fsp3) is 0.129. The lowest BCUT2D eigenvalue weighted by Crippen LogP contribution is -2.29. The molecule has 10 nitrogen and oxygen atoms in total. The van der Waals surface area contributed by atoms with Crippen molar-refractivity contribution in [2.24, 2.45) is 5.73 Å². The van der Waals surface area contributed by atoms with Crippen molar-refractivity contribution in [1.82, 2.24) is 9.55 Å². The normalized spacial score (nSPS) is 10.8. The Hall–Kier alpha value is -5.51. The van der Waals surface area contributed by atoms with Crippen LogP contribution in [-0.4, -0.2) is 36.8 Å². The second-order valence-electron chi connectivity index (χ2n) is 9.05. The van der Waals surface area contributed by atoms with Crippen LogP contribution in [0, 0.1) is 0 Å². The molecule has 4 N–H and O–H groups in total. The quantitative estimate of drug-likeness (QED) is 0.257. The molecule has 0 fully saturated rings. The Morgan fingerprint density at radius 1 is 0.878 bits per heavy atom. The summed E-state index contributed by atoms with van der Waals surface area (Å²) in [6, 6.07) is 20.6. The number of carbonyl (C=O) groups excluding carboxylic acids is 1. The van der Waals surface area contributed by atoms with E-state index in [-0.39, 0.29) is 12.3 Å². The molecule has 10 heteroatoms. The van der Waals surface area contributed by atoms with Gasteiger partial charge in [-0.2, -0.15) is 0 Å². The molecule has 2 aromatic heterocycles. The van der Waals surface area contributed by atoms with Gasteiger partial charge in [0.15, 0.2) is 11.5 Å². The summed E-state index contributed by atoms with van der Waals surface area (Å²) in [5.74, 6) is 0.754. The van der Waals surface area contributed by atoms with Gasteiger partial charge in [0.2, 0.25) is 5.75 Å². The number of ether oxygens (including phenoxy) is 4. The highest BCUT2D eigenvalue weighted by Gasteiger charge is 2.25. The minimum Gasteiger partial charge on any atom is -0.493 e. The van der Waals surface area contributed by atoms with Crippen molar-refractivity contribution in [2.45, 2.75) is 6.61 Å². The summed E-state index contributed by atoms with van der Waals surface area (Å²) in [5, 5.41) is 0.782. The third-order valence-corrected chi connectivity index (χ3v) is 6.61. The molecule has 0 atom stereocenters. The number of pyridine rings is 2. The van der Waals surface area contributed by atoms with Gasteiger partial charge in [0, 0.05) is 23.1 Å². The molecule has 0 aliphatic heterocycles. The van der Waals surface area contributed by atoms with E-state index >= 15 is 0 Å². The zero-order valence-electron chi connectivity index (χ0n) is 22.7. The SMILES string of the molecule is COc1cc(-c2c(C(N)=O)n(-c3ccc(N)cc3)c(=O)c3cc(OCc4ccccn4)ccc23)cc(OC)c1OC. The summed E-state index contributed by atoms with van der Waals surface area (Å²) in [6.07, 6.45) is 1.68. The first-order valence-corrected chi connectivity index (χ1v) is 12.6. The predicted molar refractivity (Wildman–Crippen MR) is 156 cm³/mol. The number of methoxy groups -OCH3 is 3. The molecule has 0 saturated carbocycles. The van der Waals surface area contributed by atoms with E-state index in [0.29, 0.717) is 56.3 Å². The first kappa shape index (κ1) is 27.1. The Bertz CT molecular complexity index is 1780. The average molecular weight is 553 g/mol. The minimum absolute atomic E-state index is 0.0244. The van der Waals surface area contributed by atoms with Crippen molar-refractivity contribution in [3.8, 4) is 39.8 Å². The maximum absolute atomic E-state index is 14.1. The van der Waals surface area contributed by atoms with Crippen molar-refractivity contribution in [1.29, 1.82) is 0 Å². The van der Waals surface area contributed by atoms with Crippen LogP contribution in [0.5, 0.6) is 23.0 Å². The minimum atomic E-state index is -0.806. The third-order valence-electron chi connectivity index (χ3n) is 6.61. The van der Waals surface area contributed by atoms with Crippen molar-refractivity contribution >= 4 is 22.4 Å². The Kier molecular flexibility index (Phi) is 7.47. The average Bonchev–Trinajstić information content (AvgIpc) is 3.00. The number of hydrogen-bond donors (Lipinski definition) is 2. The number of anilines is 1. The van der Waals surface area contributed by atoms with Gasteiger partial charge in [-0.1, -0.05) is 6.07 Å². The van der Waals surface area contributed by atoms with Gasteiger partial charge < -0.3 is 30.4 Å². The number of rotatable bonds is 9. The molecule has 0 aliphatic rings. The summed E-state index contributed by atoms with van der Waals surface area (Å²) < 4.78 is 23.9. The van der Waals surface area contributed by atoms with Gasteiger partial charge in [0.25, 0.3) is 11.5 Å². The predicted octanol–water partition coefficient (Wildman–Crippen LogP) is 4.34. The molecule has 0 unspecified atom stereocenters. The smallest absolute Gasteiger partial charge is 0.266 e. The van der Waals surface area contributed by atoms with E-state index < -0.39 is 11.5 Å². The first-order chi connectivity index (χ1) is 19.9. The highest BCUT2D eigenvalue weighted by atomic mass is 16.5. The van der Waals surface area contributed by atoms with Gasteiger partial charge in [-0.25, -0.2) is 0 Å². The summed E-state index contributed by atoms with van der Waals surface area (Å²) >= 11 is 0. The van der Waals surface area contributed by atoms with Crippen LogP contribution in [0.15, 0.2) is 83.8 Å². The number of nitrogens with two attached hydrogens (primary N) is 2. The van der Waals surface area contributed by atoms with Crippen molar-refractivity contribution in [3.05, 3.63) is 101 Å². The highest BCUT2D eigenvalue weighted by Crippen LogP contribution is 2.43. The van der Waals surface area contributed by atoms with E-state index in [1.165, 1.54) is 25.9 Å². The van der Waals surface area contributed by atoms with Gasteiger partial charge in [0.05, 0.1) is 32.4 Å². The standard InChI is InChI=1S/C31H28N4O6/c1-38-25-14-18(15-26(39-2)29(25)40-3)27-23-12-11-22(41-17-20-6-4-5-13-34-20)16-24(23)31(37)35(28(27)30(33)36)21-9-7-19(32)8-10-21/h4-16H,17,32H2,1-3H3,(H2,33,36). The Morgan fingerprint density at radius 3 is 2.17 bits per heavy atom.